The zero-order valence-electron chi connectivity index (χ0n) is 14.9. The molecule has 1 N–H and O–H groups in total. The van der Waals surface area contributed by atoms with E-state index in [2.05, 4.69) is 21.2 Å². The Labute approximate surface area is 167 Å². The minimum absolute atomic E-state index is 0.0729. The normalized spacial score (nSPS) is 10.3. The van der Waals surface area contributed by atoms with E-state index in [1.165, 1.54) is 0 Å². The molecule has 0 spiro atoms. The zero-order valence-corrected chi connectivity index (χ0v) is 16.5. The van der Waals surface area contributed by atoms with E-state index < -0.39 is 0 Å². The second-order valence-corrected chi connectivity index (χ2v) is 6.66. The molecule has 3 aromatic carbocycles. The van der Waals surface area contributed by atoms with Crippen LogP contribution in [0.2, 0.25) is 0 Å². The van der Waals surface area contributed by atoms with Crippen LogP contribution in [-0.2, 0) is 4.79 Å². The van der Waals surface area contributed by atoms with Gasteiger partial charge in [0.2, 0.25) is 0 Å². The van der Waals surface area contributed by atoms with E-state index in [1.54, 1.807) is 12.1 Å². The van der Waals surface area contributed by atoms with Gasteiger partial charge in [0.05, 0.1) is 11.1 Å². The highest BCUT2D eigenvalue weighted by molar-refractivity contribution is 9.10. The summed E-state index contributed by atoms with van der Waals surface area (Å²) >= 11 is 3.51. The highest BCUT2D eigenvalue weighted by Gasteiger charge is 2.08. The van der Waals surface area contributed by atoms with E-state index in [9.17, 15) is 4.79 Å². The van der Waals surface area contributed by atoms with E-state index in [1.807, 2.05) is 67.6 Å². The fourth-order valence-electron chi connectivity index (χ4n) is 2.57. The SMILES string of the molecule is CCOc1ccc(NC(=O)COc2ccc(-c3ccccc3)cc2Br)cc1. The summed E-state index contributed by atoms with van der Waals surface area (Å²) in [5, 5.41) is 2.80. The summed E-state index contributed by atoms with van der Waals surface area (Å²) in [5.41, 5.74) is 2.90. The van der Waals surface area contributed by atoms with Crippen molar-refractivity contribution in [2.45, 2.75) is 6.92 Å². The summed E-state index contributed by atoms with van der Waals surface area (Å²) in [6.45, 7) is 2.46. The molecule has 0 unspecified atom stereocenters. The first-order valence-corrected chi connectivity index (χ1v) is 9.45. The van der Waals surface area contributed by atoms with Crippen molar-refractivity contribution in [3.63, 3.8) is 0 Å². The summed E-state index contributed by atoms with van der Waals surface area (Å²) in [5.74, 6) is 1.17. The van der Waals surface area contributed by atoms with Gasteiger partial charge in [0.15, 0.2) is 6.61 Å². The number of hydrogen-bond acceptors (Lipinski definition) is 3. The molecule has 0 bridgehead atoms. The molecule has 4 nitrogen and oxygen atoms in total. The summed E-state index contributed by atoms with van der Waals surface area (Å²) in [6, 6.07) is 23.1. The van der Waals surface area contributed by atoms with Gasteiger partial charge in [-0.05, 0) is 70.4 Å². The predicted molar refractivity (Wildman–Crippen MR) is 111 cm³/mol. The maximum Gasteiger partial charge on any atom is 0.262 e. The van der Waals surface area contributed by atoms with Crippen molar-refractivity contribution in [2.75, 3.05) is 18.5 Å². The highest BCUT2D eigenvalue weighted by Crippen LogP contribution is 2.30. The third kappa shape index (κ3) is 5.34. The molecule has 1 amide bonds. The average molecular weight is 426 g/mol. The fourth-order valence-corrected chi connectivity index (χ4v) is 3.06. The third-order valence-electron chi connectivity index (χ3n) is 3.85. The molecule has 0 fully saturated rings. The smallest absolute Gasteiger partial charge is 0.262 e. The van der Waals surface area contributed by atoms with Crippen LogP contribution in [-0.4, -0.2) is 19.1 Å². The lowest BCUT2D eigenvalue weighted by molar-refractivity contribution is -0.118. The van der Waals surface area contributed by atoms with Crippen LogP contribution in [0.3, 0.4) is 0 Å². The number of rotatable bonds is 7. The first-order chi connectivity index (χ1) is 13.2. The van der Waals surface area contributed by atoms with Gasteiger partial charge in [-0.15, -0.1) is 0 Å². The quantitative estimate of drug-likeness (QED) is 0.540. The molecule has 0 aliphatic carbocycles. The molecule has 0 aliphatic heterocycles. The van der Waals surface area contributed by atoms with Crippen LogP contribution >= 0.6 is 15.9 Å². The molecule has 3 aromatic rings. The Morgan fingerprint density at radius 1 is 0.926 bits per heavy atom. The molecule has 0 radical (unpaired) electrons. The van der Waals surface area contributed by atoms with Gasteiger partial charge >= 0.3 is 0 Å². The van der Waals surface area contributed by atoms with Gasteiger partial charge < -0.3 is 14.8 Å². The van der Waals surface area contributed by atoms with Crippen molar-refractivity contribution < 1.29 is 14.3 Å². The number of nitrogens with one attached hydrogen (secondary N) is 1. The molecular weight excluding hydrogens is 406 g/mol. The number of anilines is 1. The Kier molecular flexibility index (Phi) is 6.49. The second kappa shape index (κ2) is 9.24. The second-order valence-electron chi connectivity index (χ2n) is 5.81. The Bertz CT molecular complexity index is 895. The topological polar surface area (TPSA) is 47.6 Å². The molecule has 138 valence electrons. The minimum Gasteiger partial charge on any atom is -0.494 e. The van der Waals surface area contributed by atoms with Crippen LogP contribution in [0.4, 0.5) is 5.69 Å². The van der Waals surface area contributed by atoms with E-state index in [4.69, 9.17) is 9.47 Å². The first-order valence-electron chi connectivity index (χ1n) is 8.66. The van der Waals surface area contributed by atoms with Crippen LogP contribution < -0.4 is 14.8 Å². The summed E-state index contributed by atoms with van der Waals surface area (Å²) in [6.07, 6.45) is 0. The average Bonchev–Trinajstić information content (AvgIpc) is 2.69. The van der Waals surface area contributed by atoms with E-state index in [-0.39, 0.29) is 12.5 Å². The van der Waals surface area contributed by atoms with Crippen LogP contribution in [0.15, 0.2) is 77.3 Å². The van der Waals surface area contributed by atoms with Gasteiger partial charge in [-0.25, -0.2) is 0 Å². The standard InChI is InChI=1S/C22H20BrNO3/c1-2-26-19-11-9-18(10-12-19)24-22(25)15-27-21-13-8-17(14-20(21)23)16-6-4-3-5-7-16/h3-14H,2,15H2,1H3,(H,24,25). The lowest BCUT2D eigenvalue weighted by Crippen LogP contribution is -2.20. The number of hydrogen-bond donors (Lipinski definition) is 1. The monoisotopic (exact) mass is 425 g/mol. The van der Waals surface area contributed by atoms with Gasteiger partial charge in [-0.2, -0.15) is 0 Å². The number of ether oxygens (including phenoxy) is 2. The Morgan fingerprint density at radius 3 is 2.33 bits per heavy atom. The van der Waals surface area contributed by atoms with E-state index >= 15 is 0 Å². The molecule has 0 saturated heterocycles. The molecule has 3 rings (SSSR count). The van der Waals surface area contributed by atoms with Crippen LogP contribution in [0.1, 0.15) is 6.92 Å². The number of carbonyl (C=O) groups excluding carboxylic acids is 1. The van der Waals surface area contributed by atoms with E-state index in [0.29, 0.717) is 18.0 Å². The molecule has 0 aromatic heterocycles. The van der Waals surface area contributed by atoms with E-state index in [0.717, 1.165) is 21.3 Å². The Morgan fingerprint density at radius 2 is 1.67 bits per heavy atom. The molecule has 5 heteroatoms. The molecule has 0 aliphatic rings. The van der Waals surface area contributed by atoms with Crippen molar-refractivity contribution >= 4 is 27.5 Å². The summed E-state index contributed by atoms with van der Waals surface area (Å²) < 4.78 is 11.8. The van der Waals surface area contributed by atoms with Crippen molar-refractivity contribution in [1.82, 2.24) is 0 Å². The van der Waals surface area contributed by atoms with Crippen molar-refractivity contribution in [3.05, 3.63) is 77.3 Å². The van der Waals surface area contributed by atoms with Crippen molar-refractivity contribution in [3.8, 4) is 22.6 Å². The van der Waals surface area contributed by atoms with Crippen LogP contribution in [0.5, 0.6) is 11.5 Å². The first kappa shape index (κ1) is 19.0. The highest BCUT2D eigenvalue weighted by atomic mass is 79.9. The van der Waals surface area contributed by atoms with Crippen molar-refractivity contribution in [2.24, 2.45) is 0 Å². The largest absolute Gasteiger partial charge is 0.494 e. The molecule has 0 atom stereocenters. The maximum atomic E-state index is 12.1. The zero-order chi connectivity index (χ0) is 19.1. The Balaban J connectivity index is 1.57. The summed E-state index contributed by atoms with van der Waals surface area (Å²) in [7, 11) is 0. The minimum atomic E-state index is -0.224. The molecule has 0 saturated carbocycles. The van der Waals surface area contributed by atoms with Gasteiger partial charge in [-0.3, -0.25) is 4.79 Å². The van der Waals surface area contributed by atoms with Crippen LogP contribution in [0, 0.1) is 0 Å². The molecular formula is C22H20BrNO3. The lowest BCUT2D eigenvalue weighted by atomic mass is 10.1. The molecule has 0 heterocycles. The number of halogens is 1. The fraction of sp³-hybridized carbons (Fsp3) is 0.136. The summed E-state index contributed by atoms with van der Waals surface area (Å²) in [4.78, 5) is 12.1. The van der Waals surface area contributed by atoms with Gasteiger partial charge in [0, 0.05) is 5.69 Å². The number of carbonyl (C=O) groups is 1. The molecule has 27 heavy (non-hydrogen) atoms. The lowest BCUT2D eigenvalue weighted by Gasteiger charge is -2.11. The van der Waals surface area contributed by atoms with Gasteiger partial charge in [-0.1, -0.05) is 36.4 Å². The third-order valence-corrected chi connectivity index (χ3v) is 4.47. The number of amides is 1. The predicted octanol–water partition coefficient (Wildman–Crippen LogP) is 5.53. The van der Waals surface area contributed by atoms with Crippen molar-refractivity contribution in [1.29, 1.82) is 0 Å². The van der Waals surface area contributed by atoms with Crippen LogP contribution in [0.25, 0.3) is 11.1 Å². The van der Waals surface area contributed by atoms with Gasteiger partial charge in [0.25, 0.3) is 5.91 Å². The Hall–Kier alpha value is -2.79. The number of benzene rings is 3. The maximum absolute atomic E-state index is 12.1. The van der Waals surface area contributed by atoms with Gasteiger partial charge in [0.1, 0.15) is 11.5 Å².